The van der Waals surface area contributed by atoms with Gasteiger partial charge in [-0.25, -0.2) is 0 Å². The van der Waals surface area contributed by atoms with Gasteiger partial charge in [0.25, 0.3) is 0 Å². The standard InChI is InChI=1S/C25H28N2O3/c1-25(2,3)20-8-6-5-7-17(20)15-30-21-10-9-16(13-22(21)29-4)19-14-23(28)27-24-18(19)11-12-26-24/h5-11,13,19H,12,14-15H2,1-4H3,(H,26,27,28). The summed E-state index contributed by atoms with van der Waals surface area (Å²) in [5.41, 5.74) is 4.60. The third-order valence-corrected chi connectivity index (χ3v) is 5.66. The fraction of sp³-hybridized carbons (Fsp3) is 0.360. The number of amidine groups is 1. The number of hydrogen-bond donors (Lipinski definition) is 1. The van der Waals surface area contributed by atoms with Crippen LogP contribution in [0.3, 0.4) is 0 Å². The number of nitrogens with zero attached hydrogens (tertiary/aromatic N) is 1. The highest BCUT2D eigenvalue weighted by molar-refractivity contribution is 6.12. The number of carbonyl (C=O) groups is 1. The molecular weight excluding hydrogens is 376 g/mol. The van der Waals surface area contributed by atoms with Gasteiger partial charge in [-0.2, -0.15) is 0 Å². The number of methoxy groups -OCH3 is 1. The van der Waals surface area contributed by atoms with E-state index >= 15 is 0 Å². The molecule has 2 aliphatic rings. The molecule has 0 radical (unpaired) electrons. The third-order valence-electron chi connectivity index (χ3n) is 5.66. The number of piperidine rings is 1. The molecule has 5 heteroatoms. The first-order valence-electron chi connectivity index (χ1n) is 10.3. The predicted molar refractivity (Wildman–Crippen MR) is 118 cm³/mol. The highest BCUT2D eigenvalue weighted by Crippen LogP contribution is 2.38. The van der Waals surface area contributed by atoms with E-state index in [-0.39, 0.29) is 17.2 Å². The molecule has 1 atom stereocenters. The minimum Gasteiger partial charge on any atom is -0.493 e. The van der Waals surface area contributed by atoms with Crippen molar-refractivity contribution in [3.63, 3.8) is 0 Å². The average Bonchev–Trinajstić information content (AvgIpc) is 3.19. The fourth-order valence-corrected chi connectivity index (χ4v) is 4.17. The molecule has 2 aromatic rings. The van der Waals surface area contributed by atoms with Gasteiger partial charge in [0.05, 0.1) is 13.7 Å². The normalized spacial score (nSPS) is 18.3. The summed E-state index contributed by atoms with van der Waals surface area (Å²) in [5, 5.41) is 2.86. The highest BCUT2D eigenvalue weighted by atomic mass is 16.5. The summed E-state index contributed by atoms with van der Waals surface area (Å²) in [4.78, 5) is 16.5. The first-order valence-corrected chi connectivity index (χ1v) is 10.3. The second-order valence-corrected chi connectivity index (χ2v) is 8.76. The molecule has 4 rings (SSSR count). The van der Waals surface area contributed by atoms with E-state index in [1.807, 2.05) is 24.3 Å². The van der Waals surface area contributed by atoms with E-state index in [9.17, 15) is 4.79 Å². The molecule has 1 amide bonds. The van der Waals surface area contributed by atoms with Crippen LogP contribution in [0.2, 0.25) is 0 Å². The van der Waals surface area contributed by atoms with Crippen LogP contribution in [-0.2, 0) is 16.8 Å². The van der Waals surface area contributed by atoms with Gasteiger partial charge >= 0.3 is 0 Å². The fourth-order valence-electron chi connectivity index (χ4n) is 4.17. The molecule has 0 spiro atoms. The topological polar surface area (TPSA) is 59.9 Å². The van der Waals surface area contributed by atoms with Crippen LogP contribution < -0.4 is 14.8 Å². The van der Waals surface area contributed by atoms with E-state index in [4.69, 9.17) is 9.47 Å². The zero-order chi connectivity index (χ0) is 21.3. The number of nitrogens with one attached hydrogen (secondary N) is 1. The molecule has 1 unspecified atom stereocenters. The SMILES string of the molecule is COc1cc(C2CC(=O)NC3=NCC=C32)ccc1OCc1ccccc1C(C)(C)C. The number of hydrogen-bond acceptors (Lipinski definition) is 4. The summed E-state index contributed by atoms with van der Waals surface area (Å²) in [6.07, 6.45) is 2.49. The molecule has 2 heterocycles. The zero-order valence-corrected chi connectivity index (χ0v) is 18.0. The lowest BCUT2D eigenvalue weighted by Crippen LogP contribution is -2.38. The Hall–Kier alpha value is -3.08. The number of fused-ring (bicyclic) bond motifs is 1. The Balaban J connectivity index is 1.57. The van der Waals surface area contributed by atoms with Crippen LogP contribution in [0, 0.1) is 0 Å². The van der Waals surface area contributed by atoms with E-state index in [1.165, 1.54) is 5.56 Å². The summed E-state index contributed by atoms with van der Waals surface area (Å²) < 4.78 is 11.8. The van der Waals surface area contributed by atoms with Gasteiger partial charge in [-0.05, 0) is 34.2 Å². The van der Waals surface area contributed by atoms with Crippen LogP contribution in [0.1, 0.15) is 49.8 Å². The first kappa shape index (κ1) is 20.2. The van der Waals surface area contributed by atoms with Crippen molar-refractivity contribution >= 4 is 11.7 Å². The largest absolute Gasteiger partial charge is 0.493 e. The van der Waals surface area contributed by atoms with Crippen LogP contribution in [0.5, 0.6) is 11.5 Å². The number of carbonyl (C=O) groups excluding carboxylic acids is 1. The summed E-state index contributed by atoms with van der Waals surface area (Å²) in [5.74, 6) is 2.05. The van der Waals surface area contributed by atoms with E-state index in [0.29, 0.717) is 36.9 Å². The second-order valence-electron chi connectivity index (χ2n) is 8.76. The maximum atomic E-state index is 12.1. The van der Waals surface area contributed by atoms with Crippen LogP contribution in [0.15, 0.2) is 59.1 Å². The molecule has 1 saturated heterocycles. The van der Waals surface area contributed by atoms with Crippen molar-refractivity contribution in [2.75, 3.05) is 13.7 Å². The van der Waals surface area contributed by atoms with Crippen molar-refractivity contribution in [1.82, 2.24) is 5.32 Å². The number of ether oxygens (including phenoxy) is 2. The Morgan fingerprint density at radius 2 is 1.93 bits per heavy atom. The van der Waals surface area contributed by atoms with Gasteiger partial charge in [-0.3, -0.25) is 9.79 Å². The molecule has 1 N–H and O–H groups in total. The predicted octanol–water partition coefficient (Wildman–Crippen LogP) is 4.51. The minimum atomic E-state index is -0.00966. The lowest BCUT2D eigenvalue weighted by Gasteiger charge is -2.26. The van der Waals surface area contributed by atoms with Crippen molar-refractivity contribution in [2.45, 2.75) is 45.1 Å². The second kappa shape index (κ2) is 7.98. The van der Waals surface area contributed by atoms with Gasteiger partial charge in [0.1, 0.15) is 12.4 Å². The van der Waals surface area contributed by atoms with Crippen molar-refractivity contribution in [3.05, 3.63) is 70.8 Å². The molecule has 2 aromatic carbocycles. The van der Waals surface area contributed by atoms with Gasteiger partial charge in [0, 0.05) is 17.9 Å². The molecule has 5 nitrogen and oxygen atoms in total. The molecule has 30 heavy (non-hydrogen) atoms. The quantitative estimate of drug-likeness (QED) is 0.797. The smallest absolute Gasteiger partial charge is 0.226 e. The minimum absolute atomic E-state index is 0.00381. The van der Waals surface area contributed by atoms with Gasteiger partial charge < -0.3 is 14.8 Å². The van der Waals surface area contributed by atoms with Crippen LogP contribution in [0.25, 0.3) is 0 Å². The summed E-state index contributed by atoms with van der Waals surface area (Å²) in [6.45, 7) is 7.70. The van der Waals surface area contributed by atoms with Gasteiger partial charge in [-0.1, -0.05) is 57.2 Å². The van der Waals surface area contributed by atoms with Crippen LogP contribution in [-0.4, -0.2) is 25.4 Å². The molecule has 0 aliphatic carbocycles. The summed E-state index contributed by atoms with van der Waals surface area (Å²) >= 11 is 0. The third kappa shape index (κ3) is 3.97. The van der Waals surface area contributed by atoms with E-state index in [0.717, 1.165) is 16.7 Å². The van der Waals surface area contributed by atoms with Crippen molar-refractivity contribution < 1.29 is 14.3 Å². The number of aliphatic imine (C=N–C) groups is 1. The monoisotopic (exact) mass is 404 g/mol. The Morgan fingerprint density at radius 3 is 2.70 bits per heavy atom. The molecule has 0 aromatic heterocycles. The molecular formula is C25H28N2O3. The van der Waals surface area contributed by atoms with E-state index < -0.39 is 0 Å². The Kier molecular flexibility index (Phi) is 5.37. The molecule has 2 aliphatic heterocycles. The summed E-state index contributed by atoms with van der Waals surface area (Å²) in [7, 11) is 1.64. The number of amides is 1. The maximum absolute atomic E-state index is 12.1. The first-order chi connectivity index (χ1) is 14.4. The van der Waals surface area contributed by atoms with Crippen molar-refractivity contribution in [2.24, 2.45) is 4.99 Å². The summed E-state index contributed by atoms with van der Waals surface area (Å²) in [6, 6.07) is 14.3. The number of benzene rings is 2. The van der Waals surface area contributed by atoms with Gasteiger partial charge in [0.15, 0.2) is 11.5 Å². The molecule has 0 saturated carbocycles. The molecule has 1 fully saturated rings. The van der Waals surface area contributed by atoms with Crippen LogP contribution >= 0.6 is 0 Å². The highest BCUT2D eigenvalue weighted by Gasteiger charge is 2.32. The van der Waals surface area contributed by atoms with E-state index in [2.05, 4.69) is 55.4 Å². The van der Waals surface area contributed by atoms with Gasteiger partial charge in [0.2, 0.25) is 5.91 Å². The molecule has 156 valence electrons. The number of rotatable bonds is 5. The Morgan fingerprint density at radius 1 is 1.13 bits per heavy atom. The lowest BCUT2D eigenvalue weighted by atomic mass is 9.84. The Bertz CT molecular complexity index is 1030. The average molecular weight is 405 g/mol. The van der Waals surface area contributed by atoms with Gasteiger partial charge in [-0.15, -0.1) is 0 Å². The van der Waals surface area contributed by atoms with Crippen molar-refractivity contribution in [1.29, 1.82) is 0 Å². The zero-order valence-electron chi connectivity index (χ0n) is 18.0. The molecule has 0 bridgehead atoms. The van der Waals surface area contributed by atoms with Crippen molar-refractivity contribution in [3.8, 4) is 11.5 Å². The van der Waals surface area contributed by atoms with Crippen LogP contribution in [0.4, 0.5) is 0 Å². The maximum Gasteiger partial charge on any atom is 0.226 e. The lowest BCUT2D eigenvalue weighted by molar-refractivity contribution is -0.120. The van der Waals surface area contributed by atoms with E-state index in [1.54, 1.807) is 7.11 Å². The Labute approximate surface area is 177 Å².